The lowest BCUT2D eigenvalue weighted by Gasteiger charge is -2.28. The molecule has 5 heteroatoms. The predicted molar refractivity (Wildman–Crippen MR) is 256 cm³/mol. The van der Waals surface area contributed by atoms with Gasteiger partial charge in [-0.2, -0.15) is 0 Å². The molecule has 0 amide bonds. The fraction of sp³-hybridized carbons (Fsp3) is 0.123. The van der Waals surface area contributed by atoms with E-state index in [2.05, 4.69) is 197 Å². The molecule has 0 saturated carbocycles. The summed E-state index contributed by atoms with van der Waals surface area (Å²) < 4.78 is 0. The SMILES string of the molecule is Cc1cc(C)c(C(c2ccc(N(c3ccncn3)c3cc(-c4cc(-c5ccccc5)cc(-c5ccccc5)c4)nc(-c4ccccc4)n3)cc2)c2c(C)cc(C)cc2C)c(C)c1. The lowest BCUT2D eigenvalue weighted by molar-refractivity contribution is 0.919. The summed E-state index contributed by atoms with van der Waals surface area (Å²) >= 11 is 0. The quantitative estimate of drug-likeness (QED) is 0.129. The van der Waals surface area contributed by atoms with Gasteiger partial charge in [-0.1, -0.05) is 139 Å². The van der Waals surface area contributed by atoms with Gasteiger partial charge in [-0.15, -0.1) is 0 Å². The molecule has 7 aromatic carbocycles. The van der Waals surface area contributed by atoms with E-state index in [-0.39, 0.29) is 5.92 Å². The van der Waals surface area contributed by atoms with Crippen LogP contribution in [0.25, 0.3) is 44.9 Å². The summed E-state index contributed by atoms with van der Waals surface area (Å²) in [6, 6.07) is 60.2. The summed E-state index contributed by atoms with van der Waals surface area (Å²) in [6.45, 7) is 13.4. The van der Waals surface area contributed by atoms with E-state index in [1.807, 2.05) is 24.3 Å². The zero-order chi connectivity index (χ0) is 42.7. The summed E-state index contributed by atoms with van der Waals surface area (Å²) in [7, 11) is 0. The predicted octanol–water partition coefficient (Wildman–Crippen LogP) is 14.4. The molecular formula is C57H49N5. The molecule has 0 radical (unpaired) electrons. The fourth-order valence-electron chi connectivity index (χ4n) is 9.17. The first-order valence-corrected chi connectivity index (χ1v) is 21.2. The van der Waals surface area contributed by atoms with E-state index in [0.717, 1.165) is 44.8 Å². The number of aryl methyl sites for hydroxylation is 6. The van der Waals surface area contributed by atoms with Crippen LogP contribution in [0, 0.1) is 41.5 Å². The minimum absolute atomic E-state index is 0.0452. The summed E-state index contributed by atoms with van der Waals surface area (Å²) in [5, 5.41) is 0. The van der Waals surface area contributed by atoms with Gasteiger partial charge in [-0.05, 0) is 139 Å². The third-order valence-corrected chi connectivity index (χ3v) is 11.8. The Labute approximate surface area is 365 Å². The molecular weight excluding hydrogens is 755 g/mol. The Kier molecular flexibility index (Phi) is 11.1. The third kappa shape index (κ3) is 8.18. The molecule has 0 atom stereocenters. The average Bonchev–Trinajstić information content (AvgIpc) is 3.29. The zero-order valence-corrected chi connectivity index (χ0v) is 36.1. The molecule has 62 heavy (non-hydrogen) atoms. The average molecular weight is 804 g/mol. The van der Waals surface area contributed by atoms with Crippen molar-refractivity contribution in [2.45, 2.75) is 47.5 Å². The van der Waals surface area contributed by atoms with E-state index < -0.39 is 0 Å². The van der Waals surface area contributed by atoms with E-state index in [9.17, 15) is 0 Å². The zero-order valence-electron chi connectivity index (χ0n) is 36.1. The minimum atomic E-state index is 0.0452. The maximum atomic E-state index is 5.31. The molecule has 0 aliphatic rings. The Morgan fingerprint density at radius 2 is 0.903 bits per heavy atom. The molecule has 2 aromatic heterocycles. The molecule has 0 bridgehead atoms. The molecule has 302 valence electrons. The molecule has 5 nitrogen and oxygen atoms in total. The van der Waals surface area contributed by atoms with Gasteiger partial charge in [0, 0.05) is 35.0 Å². The number of aromatic nitrogens is 4. The second kappa shape index (κ2) is 17.2. The van der Waals surface area contributed by atoms with Gasteiger partial charge in [-0.25, -0.2) is 19.9 Å². The second-order valence-corrected chi connectivity index (χ2v) is 16.4. The maximum absolute atomic E-state index is 5.31. The number of anilines is 3. The summed E-state index contributed by atoms with van der Waals surface area (Å²) in [5.41, 5.74) is 19.8. The molecule has 0 spiro atoms. The number of nitrogens with zero attached hydrogens (tertiary/aromatic N) is 5. The molecule has 0 N–H and O–H groups in total. The van der Waals surface area contributed by atoms with Crippen LogP contribution >= 0.6 is 0 Å². The van der Waals surface area contributed by atoms with Gasteiger partial charge in [0.05, 0.1) is 5.69 Å². The van der Waals surface area contributed by atoms with Gasteiger partial charge in [0.1, 0.15) is 18.0 Å². The van der Waals surface area contributed by atoms with Crippen LogP contribution in [0.4, 0.5) is 17.3 Å². The van der Waals surface area contributed by atoms with Crippen LogP contribution in [0.1, 0.15) is 56.0 Å². The van der Waals surface area contributed by atoms with Crippen LogP contribution in [-0.4, -0.2) is 19.9 Å². The molecule has 0 aliphatic carbocycles. The van der Waals surface area contributed by atoms with Crippen molar-refractivity contribution < 1.29 is 0 Å². The number of hydrogen-bond donors (Lipinski definition) is 0. The lowest BCUT2D eigenvalue weighted by atomic mass is 9.77. The summed E-state index contributed by atoms with van der Waals surface area (Å²) in [5.74, 6) is 2.06. The largest absolute Gasteiger partial charge is 0.279 e. The van der Waals surface area contributed by atoms with Gasteiger partial charge in [0.25, 0.3) is 0 Å². The first-order valence-electron chi connectivity index (χ1n) is 21.2. The first kappa shape index (κ1) is 39.9. The van der Waals surface area contributed by atoms with Gasteiger partial charge < -0.3 is 0 Å². The van der Waals surface area contributed by atoms with E-state index in [0.29, 0.717) is 17.5 Å². The van der Waals surface area contributed by atoms with E-state index in [1.165, 1.54) is 50.1 Å². The van der Waals surface area contributed by atoms with E-state index in [1.54, 1.807) is 12.5 Å². The van der Waals surface area contributed by atoms with Crippen LogP contribution in [0.2, 0.25) is 0 Å². The van der Waals surface area contributed by atoms with Crippen molar-refractivity contribution in [1.82, 2.24) is 19.9 Å². The molecule has 2 heterocycles. The summed E-state index contributed by atoms with van der Waals surface area (Å²) in [6.07, 6.45) is 3.37. The van der Waals surface area contributed by atoms with Crippen molar-refractivity contribution in [2.75, 3.05) is 4.90 Å². The Morgan fingerprint density at radius 3 is 1.39 bits per heavy atom. The van der Waals surface area contributed by atoms with Crippen molar-refractivity contribution in [1.29, 1.82) is 0 Å². The monoisotopic (exact) mass is 803 g/mol. The van der Waals surface area contributed by atoms with E-state index in [4.69, 9.17) is 15.0 Å². The smallest absolute Gasteiger partial charge is 0.162 e. The Balaban J connectivity index is 1.23. The molecule has 0 saturated heterocycles. The highest BCUT2D eigenvalue weighted by Gasteiger charge is 2.26. The second-order valence-electron chi connectivity index (χ2n) is 16.4. The van der Waals surface area contributed by atoms with Crippen LogP contribution in [-0.2, 0) is 0 Å². The van der Waals surface area contributed by atoms with Crippen LogP contribution in [0.15, 0.2) is 182 Å². The highest BCUT2D eigenvalue weighted by molar-refractivity contribution is 5.83. The molecule has 0 fully saturated rings. The molecule has 0 aliphatic heterocycles. The van der Waals surface area contributed by atoms with Crippen molar-refractivity contribution in [3.8, 4) is 44.9 Å². The number of benzene rings is 7. The molecule has 9 aromatic rings. The van der Waals surface area contributed by atoms with Crippen LogP contribution in [0.3, 0.4) is 0 Å². The van der Waals surface area contributed by atoms with Crippen molar-refractivity contribution >= 4 is 17.3 Å². The number of rotatable bonds is 10. The Hall–Kier alpha value is -7.50. The maximum Gasteiger partial charge on any atom is 0.162 e. The topological polar surface area (TPSA) is 54.8 Å². The highest BCUT2D eigenvalue weighted by atomic mass is 15.3. The van der Waals surface area contributed by atoms with Crippen LogP contribution in [0.5, 0.6) is 0 Å². The number of hydrogen-bond acceptors (Lipinski definition) is 5. The Morgan fingerprint density at radius 1 is 0.419 bits per heavy atom. The van der Waals surface area contributed by atoms with Gasteiger partial charge in [0.2, 0.25) is 0 Å². The summed E-state index contributed by atoms with van der Waals surface area (Å²) in [4.78, 5) is 21.8. The van der Waals surface area contributed by atoms with Gasteiger partial charge >= 0.3 is 0 Å². The van der Waals surface area contributed by atoms with Crippen molar-refractivity contribution in [3.05, 3.63) is 232 Å². The highest BCUT2D eigenvalue weighted by Crippen LogP contribution is 2.42. The molecule has 0 unspecified atom stereocenters. The normalized spacial score (nSPS) is 11.2. The van der Waals surface area contributed by atoms with Crippen molar-refractivity contribution in [3.63, 3.8) is 0 Å². The standard InChI is InChI=1S/C57H49N5/c1-37-28-39(3)54(40(4)29-37)56(55-41(5)30-38(2)31-42(55)6)45-22-24-50(25-23-45)62(52-26-27-58-36-59-52)53-35-51(60-57(61-53)46-20-14-9-15-21-46)49-33-47(43-16-10-7-11-17-43)32-48(34-49)44-18-12-8-13-19-44/h7-36,56H,1-6H3. The first-order chi connectivity index (χ1) is 30.2. The van der Waals surface area contributed by atoms with Gasteiger partial charge in [0.15, 0.2) is 5.82 Å². The molecule has 9 rings (SSSR count). The minimum Gasteiger partial charge on any atom is -0.279 e. The van der Waals surface area contributed by atoms with Crippen LogP contribution < -0.4 is 4.90 Å². The fourth-order valence-corrected chi connectivity index (χ4v) is 9.17. The lowest BCUT2D eigenvalue weighted by Crippen LogP contribution is -2.15. The van der Waals surface area contributed by atoms with E-state index >= 15 is 0 Å². The van der Waals surface area contributed by atoms with Gasteiger partial charge in [-0.3, -0.25) is 4.90 Å². The Bertz CT molecular complexity index is 2840. The third-order valence-electron chi connectivity index (χ3n) is 11.8. The van der Waals surface area contributed by atoms with Crippen molar-refractivity contribution in [2.24, 2.45) is 0 Å².